The molecule has 1 aliphatic heterocycles. The summed E-state index contributed by atoms with van der Waals surface area (Å²) in [7, 11) is 0. The van der Waals surface area contributed by atoms with Gasteiger partial charge in [-0.1, -0.05) is 11.8 Å². The summed E-state index contributed by atoms with van der Waals surface area (Å²) in [6.07, 6.45) is 0.267. The van der Waals surface area contributed by atoms with E-state index in [2.05, 4.69) is 17.2 Å². The van der Waals surface area contributed by atoms with Gasteiger partial charge in [0, 0.05) is 25.1 Å². The highest BCUT2D eigenvalue weighted by Crippen LogP contribution is 2.12. The van der Waals surface area contributed by atoms with Gasteiger partial charge >= 0.3 is 0 Å². The van der Waals surface area contributed by atoms with Crippen molar-refractivity contribution >= 4 is 11.8 Å². The van der Waals surface area contributed by atoms with E-state index in [1.807, 2.05) is 0 Å². The Kier molecular flexibility index (Phi) is 4.90. The second-order valence-electron chi connectivity index (χ2n) is 4.55. The zero-order chi connectivity index (χ0) is 15.2. The number of nitrogens with one attached hydrogen (secondary N) is 1. The summed E-state index contributed by atoms with van der Waals surface area (Å²) in [5.74, 6) is 4.03. The first-order valence-electron chi connectivity index (χ1n) is 6.57. The van der Waals surface area contributed by atoms with E-state index in [1.54, 1.807) is 0 Å². The molecule has 0 bridgehead atoms. The number of aliphatic hydroxyl groups is 1. The van der Waals surface area contributed by atoms with E-state index in [0.29, 0.717) is 13.1 Å². The van der Waals surface area contributed by atoms with Crippen LogP contribution in [0.1, 0.15) is 22.3 Å². The summed E-state index contributed by atoms with van der Waals surface area (Å²) in [5.41, 5.74) is 0.367. The fourth-order valence-electron chi connectivity index (χ4n) is 1.96. The third-order valence-electron chi connectivity index (χ3n) is 3.00. The first kappa shape index (κ1) is 15.0. The predicted molar refractivity (Wildman–Crippen MR) is 73.9 cm³/mol. The maximum Gasteiger partial charge on any atom is 0.254 e. The number of amides is 2. The van der Waals surface area contributed by atoms with Gasteiger partial charge in [0.2, 0.25) is 5.91 Å². The van der Waals surface area contributed by atoms with Crippen LogP contribution in [0.2, 0.25) is 0 Å². The van der Waals surface area contributed by atoms with Gasteiger partial charge in [0.15, 0.2) is 0 Å². The molecule has 1 aliphatic rings. The fraction of sp³-hybridized carbons (Fsp3) is 0.333. The van der Waals surface area contributed by atoms with Gasteiger partial charge in [-0.15, -0.1) is 0 Å². The summed E-state index contributed by atoms with van der Waals surface area (Å²) in [5, 5.41) is 11.2. The maximum atomic E-state index is 13.9. The first-order chi connectivity index (χ1) is 10.1. The average Bonchev–Trinajstić information content (AvgIpc) is 2.48. The first-order valence-corrected chi connectivity index (χ1v) is 6.57. The molecule has 0 radical (unpaired) electrons. The molecule has 6 heteroatoms. The standard InChI is InChI=1S/C15H15FN2O3/c16-13-9-12(5-4-11(13)3-1-2-8-19)15(21)18-7-6-17-14(20)10-18/h4-5,9,19H,2,6-8,10H2,(H,17,20). The van der Waals surface area contributed by atoms with Gasteiger partial charge in [-0.05, 0) is 18.2 Å². The Labute approximate surface area is 121 Å². The van der Waals surface area contributed by atoms with Crippen LogP contribution in [-0.2, 0) is 4.79 Å². The summed E-state index contributed by atoms with van der Waals surface area (Å²) in [6.45, 7) is 0.711. The molecule has 0 aliphatic carbocycles. The van der Waals surface area contributed by atoms with E-state index in [4.69, 9.17) is 5.11 Å². The highest BCUT2D eigenvalue weighted by Gasteiger charge is 2.22. The van der Waals surface area contributed by atoms with Gasteiger partial charge in [-0.3, -0.25) is 9.59 Å². The predicted octanol–water partition coefficient (Wildman–Crippen LogP) is 0.132. The molecular weight excluding hydrogens is 275 g/mol. The van der Waals surface area contributed by atoms with E-state index in [0.717, 1.165) is 6.07 Å². The lowest BCUT2D eigenvalue weighted by atomic mass is 10.1. The second-order valence-corrected chi connectivity index (χ2v) is 4.55. The number of rotatable bonds is 2. The van der Waals surface area contributed by atoms with Crippen LogP contribution in [0.3, 0.4) is 0 Å². The Morgan fingerprint density at radius 2 is 2.29 bits per heavy atom. The Hall–Kier alpha value is -2.39. The Morgan fingerprint density at radius 3 is 2.95 bits per heavy atom. The molecule has 2 amide bonds. The largest absolute Gasteiger partial charge is 0.395 e. The molecule has 1 heterocycles. The molecule has 0 spiro atoms. The van der Waals surface area contributed by atoms with Crippen molar-refractivity contribution in [1.82, 2.24) is 10.2 Å². The minimum atomic E-state index is -0.590. The van der Waals surface area contributed by atoms with Crippen LogP contribution in [0.15, 0.2) is 18.2 Å². The summed E-state index contributed by atoms with van der Waals surface area (Å²) in [4.78, 5) is 24.8. The minimum absolute atomic E-state index is 0.0154. The number of carbonyl (C=O) groups is 2. The second kappa shape index (κ2) is 6.86. The zero-order valence-corrected chi connectivity index (χ0v) is 11.4. The van der Waals surface area contributed by atoms with Gasteiger partial charge in [0.1, 0.15) is 5.82 Å². The van der Waals surface area contributed by atoms with Crippen molar-refractivity contribution in [2.24, 2.45) is 0 Å². The molecule has 0 saturated carbocycles. The third-order valence-corrected chi connectivity index (χ3v) is 3.00. The molecule has 1 fully saturated rings. The molecule has 5 nitrogen and oxygen atoms in total. The molecule has 0 atom stereocenters. The Bertz CT molecular complexity index is 619. The van der Waals surface area contributed by atoms with Crippen molar-refractivity contribution in [2.45, 2.75) is 6.42 Å². The summed E-state index contributed by atoms with van der Waals surface area (Å²) < 4.78 is 13.9. The van der Waals surface area contributed by atoms with Crippen LogP contribution in [0.4, 0.5) is 4.39 Å². The number of hydrogen-bond donors (Lipinski definition) is 2. The third kappa shape index (κ3) is 3.80. The number of halogens is 1. The maximum absolute atomic E-state index is 13.9. The molecule has 2 rings (SSSR count). The summed E-state index contributed by atoms with van der Waals surface area (Å²) >= 11 is 0. The van der Waals surface area contributed by atoms with Gasteiger partial charge in [-0.2, -0.15) is 0 Å². The lowest BCUT2D eigenvalue weighted by molar-refractivity contribution is -0.123. The van der Waals surface area contributed by atoms with Gasteiger partial charge in [0.25, 0.3) is 5.91 Å². The summed E-state index contributed by atoms with van der Waals surface area (Å²) in [6, 6.07) is 4.04. The molecule has 0 aromatic heterocycles. The molecule has 1 aromatic rings. The molecular formula is C15H15FN2O3. The molecule has 110 valence electrons. The van der Waals surface area contributed by atoms with E-state index in [9.17, 15) is 14.0 Å². The smallest absolute Gasteiger partial charge is 0.254 e. The number of carbonyl (C=O) groups excluding carboxylic acids is 2. The van der Waals surface area contributed by atoms with Crippen LogP contribution >= 0.6 is 0 Å². The topological polar surface area (TPSA) is 69.6 Å². The van der Waals surface area contributed by atoms with E-state index < -0.39 is 5.82 Å². The van der Waals surface area contributed by atoms with Crippen LogP contribution in [-0.4, -0.2) is 48.1 Å². The minimum Gasteiger partial charge on any atom is -0.395 e. The molecule has 1 aromatic carbocycles. The van der Waals surface area contributed by atoms with Crippen LogP contribution in [0, 0.1) is 17.7 Å². The molecule has 1 saturated heterocycles. The van der Waals surface area contributed by atoms with Crippen molar-refractivity contribution in [3.05, 3.63) is 35.1 Å². The van der Waals surface area contributed by atoms with E-state index >= 15 is 0 Å². The van der Waals surface area contributed by atoms with E-state index in [1.165, 1.54) is 17.0 Å². The van der Waals surface area contributed by atoms with E-state index in [-0.39, 0.29) is 42.5 Å². The van der Waals surface area contributed by atoms with Gasteiger partial charge in [-0.25, -0.2) is 4.39 Å². The zero-order valence-electron chi connectivity index (χ0n) is 11.4. The van der Waals surface area contributed by atoms with Crippen molar-refractivity contribution in [3.8, 4) is 11.8 Å². The number of benzene rings is 1. The highest BCUT2D eigenvalue weighted by molar-refractivity contribution is 5.97. The van der Waals surface area contributed by atoms with Crippen molar-refractivity contribution in [3.63, 3.8) is 0 Å². The lowest BCUT2D eigenvalue weighted by Crippen LogP contribution is -2.49. The number of hydrogen-bond acceptors (Lipinski definition) is 3. The van der Waals surface area contributed by atoms with Crippen molar-refractivity contribution in [1.29, 1.82) is 0 Å². The SMILES string of the molecule is O=C1CN(C(=O)c2ccc(C#CCCO)c(F)c2)CCN1. The number of piperazine rings is 1. The van der Waals surface area contributed by atoms with Gasteiger partial charge in [0.05, 0.1) is 18.7 Å². The van der Waals surface area contributed by atoms with Crippen molar-refractivity contribution in [2.75, 3.05) is 26.2 Å². The molecule has 0 unspecified atom stereocenters. The molecule has 21 heavy (non-hydrogen) atoms. The Morgan fingerprint density at radius 1 is 1.48 bits per heavy atom. The van der Waals surface area contributed by atoms with Gasteiger partial charge < -0.3 is 15.3 Å². The molecule has 2 N–H and O–H groups in total. The number of nitrogens with zero attached hydrogens (tertiary/aromatic N) is 1. The van der Waals surface area contributed by atoms with Crippen LogP contribution in [0.25, 0.3) is 0 Å². The lowest BCUT2D eigenvalue weighted by Gasteiger charge is -2.26. The number of aliphatic hydroxyl groups excluding tert-OH is 1. The highest BCUT2D eigenvalue weighted by atomic mass is 19.1. The van der Waals surface area contributed by atoms with Crippen LogP contribution in [0.5, 0.6) is 0 Å². The average molecular weight is 290 g/mol. The normalized spacial score (nSPS) is 14.2. The quantitative estimate of drug-likeness (QED) is 0.761. The fourth-order valence-corrected chi connectivity index (χ4v) is 1.96. The monoisotopic (exact) mass is 290 g/mol. The van der Waals surface area contributed by atoms with Crippen molar-refractivity contribution < 1.29 is 19.1 Å². The Balaban J connectivity index is 2.14. The van der Waals surface area contributed by atoms with Crippen LogP contribution < -0.4 is 5.32 Å².